The minimum absolute atomic E-state index is 0.0568. The Kier molecular flexibility index (Phi) is 5.58. The van der Waals surface area contributed by atoms with Crippen LogP contribution >= 0.6 is 0 Å². The van der Waals surface area contributed by atoms with Crippen molar-refractivity contribution in [1.82, 2.24) is 5.32 Å². The number of nitrogens with one attached hydrogen (secondary N) is 1. The van der Waals surface area contributed by atoms with E-state index in [0.717, 1.165) is 17.7 Å². The number of carbonyl (C=O) groups excluding carboxylic acids is 1. The van der Waals surface area contributed by atoms with Gasteiger partial charge in [0, 0.05) is 11.2 Å². The minimum atomic E-state index is -1.10. The number of urea groups is 1. The van der Waals surface area contributed by atoms with Crippen LogP contribution in [0, 0.1) is 0 Å². The Labute approximate surface area is 124 Å². The Balaban J connectivity index is 2.99. The van der Waals surface area contributed by atoms with Crippen LogP contribution in [-0.2, 0) is 4.79 Å². The van der Waals surface area contributed by atoms with Crippen molar-refractivity contribution in [2.45, 2.75) is 39.2 Å². The van der Waals surface area contributed by atoms with Crippen LogP contribution in [0.5, 0.6) is 5.75 Å². The summed E-state index contributed by atoms with van der Waals surface area (Å²) in [6.45, 7) is 5.40. The molecule has 0 aliphatic carbocycles. The van der Waals surface area contributed by atoms with Crippen LogP contribution in [0.1, 0.15) is 33.6 Å². The van der Waals surface area contributed by atoms with E-state index >= 15 is 0 Å². The number of anilines is 1. The van der Waals surface area contributed by atoms with Crippen molar-refractivity contribution in [2.75, 3.05) is 11.4 Å². The fourth-order valence-corrected chi connectivity index (χ4v) is 1.80. The molecule has 1 aromatic rings. The van der Waals surface area contributed by atoms with Crippen LogP contribution in [0.25, 0.3) is 0 Å². The molecule has 0 atom stereocenters. The molecule has 0 radical (unpaired) electrons. The average molecular weight is 294 g/mol. The van der Waals surface area contributed by atoms with E-state index in [1.807, 2.05) is 20.8 Å². The highest BCUT2D eigenvalue weighted by molar-refractivity contribution is 5.96. The summed E-state index contributed by atoms with van der Waals surface area (Å²) in [5.74, 6) is -1.05. The molecular weight excluding hydrogens is 272 g/mol. The van der Waals surface area contributed by atoms with E-state index in [1.165, 1.54) is 24.3 Å². The van der Waals surface area contributed by atoms with E-state index in [4.69, 9.17) is 5.11 Å². The smallest absolute Gasteiger partial charge is 0.323 e. The lowest BCUT2D eigenvalue weighted by atomic mass is 9.96. The van der Waals surface area contributed by atoms with Crippen molar-refractivity contribution in [1.29, 1.82) is 0 Å². The third-order valence-corrected chi connectivity index (χ3v) is 3.67. The molecule has 0 bridgehead atoms. The van der Waals surface area contributed by atoms with Gasteiger partial charge in [0.05, 0.1) is 0 Å². The van der Waals surface area contributed by atoms with Crippen LogP contribution in [-0.4, -0.2) is 34.3 Å². The molecule has 0 unspecified atom stereocenters. The molecule has 1 rings (SSSR count). The Hall–Kier alpha value is -2.24. The Morgan fingerprint density at radius 1 is 1.19 bits per heavy atom. The molecule has 0 saturated carbocycles. The van der Waals surface area contributed by atoms with Gasteiger partial charge in [0.15, 0.2) is 0 Å². The molecule has 0 heterocycles. The summed E-state index contributed by atoms with van der Waals surface area (Å²) in [6.07, 6.45) is 1.48. The molecule has 2 amide bonds. The van der Waals surface area contributed by atoms with Crippen molar-refractivity contribution < 1.29 is 19.8 Å². The predicted molar refractivity (Wildman–Crippen MR) is 80.6 cm³/mol. The summed E-state index contributed by atoms with van der Waals surface area (Å²) in [4.78, 5) is 24.5. The number of aromatic hydroxyl groups is 1. The second kappa shape index (κ2) is 6.97. The molecule has 1 aromatic carbocycles. The van der Waals surface area contributed by atoms with E-state index in [-0.39, 0.29) is 11.3 Å². The number of phenolic OH excluding ortho intramolecular Hbond substituents is 1. The Bertz CT molecular complexity index is 495. The number of carboxylic acid groups (broad SMARTS) is 1. The largest absolute Gasteiger partial charge is 0.508 e. The van der Waals surface area contributed by atoms with E-state index in [0.29, 0.717) is 5.69 Å². The van der Waals surface area contributed by atoms with Gasteiger partial charge in [-0.2, -0.15) is 0 Å². The average Bonchev–Trinajstić information content (AvgIpc) is 2.45. The van der Waals surface area contributed by atoms with Crippen LogP contribution in [0.2, 0.25) is 0 Å². The zero-order chi connectivity index (χ0) is 16.0. The highest BCUT2D eigenvalue weighted by Crippen LogP contribution is 2.20. The van der Waals surface area contributed by atoms with Gasteiger partial charge < -0.3 is 15.5 Å². The lowest BCUT2D eigenvalue weighted by molar-refractivity contribution is -0.135. The maximum atomic E-state index is 12.4. The summed E-state index contributed by atoms with van der Waals surface area (Å²) in [5, 5.41) is 21.1. The van der Waals surface area contributed by atoms with Gasteiger partial charge in [-0.1, -0.05) is 13.8 Å². The quantitative estimate of drug-likeness (QED) is 0.752. The van der Waals surface area contributed by atoms with Crippen LogP contribution in [0.3, 0.4) is 0 Å². The number of amides is 2. The van der Waals surface area contributed by atoms with Crippen molar-refractivity contribution in [3.8, 4) is 5.75 Å². The number of nitrogens with zero attached hydrogens (tertiary/aromatic N) is 1. The van der Waals surface area contributed by atoms with Crippen LogP contribution < -0.4 is 10.2 Å². The van der Waals surface area contributed by atoms with Crippen LogP contribution in [0.15, 0.2) is 24.3 Å². The standard InChI is InChI=1S/C15H22N2O4/c1-4-15(3,5-2)16-14(21)17(10-13(19)20)11-6-8-12(18)9-7-11/h6-9,18H,4-5,10H2,1-3H3,(H,16,21)(H,19,20). The maximum absolute atomic E-state index is 12.4. The fourth-order valence-electron chi connectivity index (χ4n) is 1.80. The SMILES string of the molecule is CCC(C)(CC)NC(=O)N(CC(=O)O)c1ccc(O)cc1. The first-order valence-electron chi connectivity index (χ1n) is 6.92. The van der Waals surface area contributed by atoms with E-state index in [1.54, 1.807) is 0 Å². The van der Waals surface area contributed by atoms with E-state index in [9.17, 15) is 14.7 Å². The van der Waals surface area contributed by atoms with Crippen molar-refractivity contribution in [3.05, 3.63) is 24.3 Å². The van der Waals surface area contributed by atoms with Gasteiger partial charge in [-0.3, -0.25) is 9.69 Å². The number of hydrogen-bond acceptors (Lipinski definition) is 3. The van der Waals surface area contributed by atoms with E-state index in [2.05, 4.69) is 5.32 Å². The minimum Gasteiger partial charge on any atom is -0.508 e. The van der Waals surface area contributed by atoms with Gasteiger partial charge in [-0.15, -0.1) is 0 Å². The number of hydrogen-bond donors (Lipinski definition) is 3. The van der Waals surface area contributed by atoms with Gasteiger partial charge in [0.2, 0.25) is 0 Å². The monoisotopic (exact) mass is 294 g/mol. The lowest BCUT2D eigenvalue weighted by Gasteiger charge is -2.32. The number of benzene rings is 1. The van der Waals surface area contributed by atoms with Gasteiger partial charge >= 0.3 is 12.0 Å². The normalized spacial score (nSPS) is 11.0. The summed E-state index contributed by atoms with van der Waals surface area (Å²) in [6, 6.07) is 5.38. The molecule has 0 aliphatic rings. The lowest BCUT2D eigenvalue weighted by Crippen LogP contribution is -2.52. The molecule has 3 N–H and O–H groups in total. The highest BCUT2D eigenvalue weighted by atomic mass is 16.4. The number of carboxylic acids is 1. The van der Waals surface area contributed by atoms with E-state index < -0.39 is 18.5 Å². The Morgan fingerprint density at radius 2 is 1.71 bits per heavy atom. The number of phenols is 1. The molecule has 6 nitrogen and oxygen atoms in total. The van der Waals surface area contributed by atoms with Gasteiger partial charge in [-0.05, 0) is 44.0 Å². The molecule has 0 aliphatic heterocycles. The van der Waals surface area contributed by atoms with Gasteiger partial charge in [-0.25, -0.2) is 4.79 Å². The first-order chi connectivity index (χ1) is 9.81. The number of rotatable bonds is 6. The van der Waals surface area contributed by atoms with Gasteiger partial charge in [0.1, 0.15) is 12.3 Å². The Morgan fingerprint density at radius 3 is 2.14 bits per heavy atom. The third-order valence-electron chi connectivity index (χ3n) is 3.67. The second-order valence-corrected chi connectivity index (χ2v) is 5.19. The zero-order valence-electron chi connectivity index (χ0n) is 12.6. The predicted octanol–water partition coefficient (Wildman–Crippen LogP) is 2.57. The molecule has 116 valence electrons. The van der Waals surface area contributed by atoms with Crippen molar-refractivity contribution in [3.63, 3.8) is 0 Å². The first-order valence-corrected chi connectivity index (χ1v) is 6.92. The first kappa shape index (κ1) is 16.8. The number of carbonyl (C=O) groups is 2. The summed E-state index contributed by atoms with van der Waals surface area (Å²) >= 11 is 0. The second-order valence-electron chi connectivity index (χ2n) is 5.19. The third kappa shape index (κ3) is 4.66. The molecule has 6 heteroatoms. The topological polar surface area (TPSA) is 89.9 Å². The summed E-state index contributed by atoms with van der Waals surface area (Å²) in [7, 11) is 0. The fraction of sp³-hybridized carbons (Fsp3) is 0.467. The summed E-state index contributed by atoms with van der Waals surface area (Å²) in [5.41, 5.74) is 0.0346. The van der Waals surface area contributed by atoms with Crippen molar-refractivity contribution in [2.24, 2.45) is 0 Å². The van der Waals surface area contributed by atoms with Gasteiger partial charge in [0.25, 0.3) is 0 Å². The molecular formula is C15H22N2O4. The molecule has 0 aromatic heterocycles. The molecule has 0 fully saturated rings. The number of aliphatic carboxylic acids is 1. The molecule has 21 heavy (non-hydrogen) atoms. The molecule has 0 spiro atoms. The van der Waals surface area contributed by atoms with Crippen LogP contribution in [0.4, 0.5) is 10.5 Å². The molecule has 0 saturated heterocycles. The summed E-state index contributed by atoms with van der Waals surface area (Å²) < 4.78 is 0. The maximum Gasteiger partial charge on any atom is 0.323 e. The highest BCUT2D eigenvalue weighted by Gasteiger charge is 2.26. The van der Waals surface area contributed by atoms with Crippen molar-refractivity contribution >= 4 is 17.7 Å². The zero-order valence-corrected chi connectivity index (χ0v) is 12.6.